The van der Waals surface area contributed by atoms with Gasteiger partial charge in [0, 0.05) is 18.7 Å². The third-order valence-corrected chi connectivity index (χ3v) is 3.71. The molecule has 1 fully saturated rings. The van der Waals surface area contributed by atoms with E-state index in [4.69, 9.17) is 10.5 Å². The molecule has 1 saturated heterocycles. The predicted octanol–water partition coefficient (Wildman–Crippen LogP) is 3.66. The van der Waals surface area contributed by atoms with Crippen LogP contribution in [0.15, 0.2) is 12.1 Å². The van der Waals surface area contributed by atoms with Gasteiger partial charge < -0.3 is 15.4 Å². The molecule has 1 heterocycles. The Hall–Kier alpha value is -1.85. The van der Waals surface area contributed by atoms with Crippen molar-refractivity contribution in [3.05, 3.63) is 29.3 Å². The van der Waals surface area contributed by atoms with Crippen LogP contribution in [0.2, 0.25) is 0 Å². The number of benzene rings is 1. The van der Waals surface area contributed by atoms with Crippen LogP contribution in [-0.4, -0.2) is 29.7 Å². The molecule has 0 atom stereocenters. The van der Waals surface area contributed by atoms with E-state index in [0.29, 0.717) is 25.9 Å². The lowest BCUT2D eigenvalue weighted by atomic mass is 9.88. The highest BCUT2D eigenvalue weighted by Crippen LogP contribution is 2.34. The first-order valence-corrected chi connectivity index (χ1v) is 7.40. The minimum atomic E-state index is -0.685. The summed E-state index contributed by atoms with van der Waals surface area (Å²) in [6.07, 6.45) is 0.576. The molecule has 4 nitrogen and oxygen atoms in total. The van der Waals surface area contributed by atoms with Gasteiger partial charge in [-0.3, -0.25) is 0 Å². The van der Waals surface area contributed by atoms with Crippen LogP contribution in [0.4, 0.5) is 19.3 Å². The van der Waals surface area contributed by atoms with Gasteiger partial charge in [0.15, 0.2) is 5.82 Å². The average molecular weight is 312 g/mol. The summed E-state index contributed by atoms with van der Waals surface area (Å²) in [5.41, 5.74) is 4.94. The SMILES string of the molecule is CC(C)(C)OC(=O)N1CCC(c2c(F)ccc(N)c2F)CC1. The smallest absolute Gasteiger partial charge is 0.410 e. The Morgan fingerprint density at radius 2 is 1.86 bits per heavy atom. The Morgan fingerprint density at radius 3 is 2.41 bits per heavy atom. The van der Waals surface area contributed by atoms with E-state index >= 15 is 0 Å². The fourth-order valence-corrected chi connectivity index (χ4v) is 2.64. The third-order valence-electron chi connectivity index (χ3n) is 3.71. The summed E-state index contributed by atoms with van der Waals surface area (Å²) >= 11 is 0. The lowest BCUT2D eigenvalue weighted by Gasteiger charge is -2.33. The highest BCUT2D eigenvalue weighted by Gasteiger charge is 2.30. The van der Waals surface area contributed by atoms with Gasteiger partial charge in [0.25, 0.3) is 0 Å². The number of rotatable bonds is 1. The van der Waals surface area contributed by atoms with Crippen LogP contribution in [0.1, 0.15) is 45.1 Å². The van der Waals surface area contributed by atoms with Crippen molar-refractivity contribution in [2.24, 2.45) is 0 Å². The molecule has 2 rings (SSSR count). The molecule has 0 aliphatic carbocycles. The van der Waals surface area contributed by atoms with Gasteiger partial charge in [0.2, 0.25) is 0 Å². The van der Waals surface area contributed by atoms with Crippen LogP contribution in [0.5, 0.6) is 0 Å². The zero-order valence-corrected chi connectivity index (χ0v) is 13.2. The van der Waals surface area contributed by atoms with Gasteiger partial charge in [-0.1, -0.05) is 0 Å². The fourth-order valence-electron chi connectivity index (χ4n) is 2.64. The normalized spacial score (nSPS) is 16.7. The van der Waals surface area contributed by atoms with Crippen molar-refractivity contribution in [2.75, 3.05) is 18.8 Å². The monoisotopic (exact) mass is 312 g/mol. The van der Waals surface area contributed by atoms with Crippen LogP contribution in [0.25, 0.3) is 0 Å². The van der Waals surface area contributed by atoms with E-state index in [1.54, 1.807) is 25.7 Å². The molecule has 1 aliphatic rings. The van der Waals surface area contributed by atoms with E-state index in [2.05, 4.69) is 0 Å². The second-order valence-electron chi connectivity index (χ2n) is 6.61. The number of anilines is 1. The summed E-state index contributed by atoms with van der Waals surface area (Å²) in [5.74, 6) is -1.54. The molecule has 122 valence electrons. The number of halogens is 2. The number of nitrogens with two attached hydrogens (primary N) is 1. The first kappa shape index (κ1) is 16.5. The van der Waals surface area contributed by atoms with E-state index < -0.39 is 17.2 Å². The predicted molar refractivity (Wildman–Crippen MR) is 80.6 cm³/mol. The number of ether oxygens (including phenoxy) is 1. The Labute approximate surface area is 129 Å². The summed E-state index contributed by atoms with van der Waals surface area (Å²) in [7, 11) is 0. The molecule has 0 unspecified atom stereocenters. The molecule has 0 spiro atoms. The lowest BCUT2D eigenvalue weighted by Crippen LogP contribution is -2.41. The van der Waals surface area contributed by atoms with Crippen molar-refractivity contribution in [3.63, 3.8) is 0 Å². The number of hydrogen-bond acceptors (Lipinski definition) is 3. The van der Waals surface area contributed by atoms with E-state index in [9.17, 15) is 13.6 Å². The van der Waals surface area contributed by atoms with Gasteiger partial charge in [-0.05, 0) is 51.7 Å². The van der Waals surface area contributed by atoms with Crippen LogP contribution in [0, 0.1) is 11.6 Å². The van der Waals surface area contributed by atoms with E-state index in [1.165, 1.54) is 12.1 Å². The van der Waals surface area contributed by atoms with Crippen molar-refractivity contribution < 1.29 is 18.3 Å². The van der Waals surface area contributed by atoms with Crippen molar-refractivity contribution in [2.45, 2.75) is 45.1 Å². The molecular weight excluding hydrogens is 290 g/mol. The maximum atomic E-state index is 14.1. The second kappa shape index (κ2) is 6.10. The zero-order valence-electron chi connectivity index (χ0n) is 13.2. The molecule has 0 saturated carbocycles. The van der Waals surface area contributed by atoms with Gasteiger partial charge in [-0.15, -0.1) is 0 Å². The summed E-state index contributed by atoms with van der Waals surface area (Å²) in [6.45, 7) is 6.22. The van der Waals surface area contributed by atoms with Crippen LogP contribution in [0.3, 0.4) is 0 Å². The number of piperidine rings is 1. The Kier molecular flexibility index (Phi) is 4.58. The van der Waals surface area contributed by atoms with E-state index in [1.807, 2.05) is 0 Å². The van der Waals surface area contributed by atoms with Crippen molar-refractivity contribution in [3.8, 4) is 0 Å². The van der Waals surface area contributed by atoms with Crippen LogP contribution < -0.4 is 5.73 Å². The van der Waals surface area contributed by atoms with Crippen LogP contribution >= 0.6 is 0 Å². The highest BCUT2D eigenvalue weighted by atomic mass is 19.1. The number of carbonyl (C=O) groups is 1. The number of carbonyl (C=O) groups excluding carboxylic acids is 1. The maximum absolute atomic E-state index is 14.1. The number of nitrogen functional groups attached to an aromatic ring is 1. The minimum absolute atomic E-state index is 0.0313. The Balaban J connectivity index is 2.04. The second-order valence-corrected chi connectivity index (χ2v) is 6.61. The maximum Gasteiger partial charge on any atom is 0.410 e. The van der Waals surface area contributed by atoms with Crippen molar-refractivity contribution in [1.29, 1.82) is 0 Å². The molecule has 0 bridgehead atoms. The van der Waals surface area contributed by atoms with Crippen molar-refractivity contribution in [1.82, 2.24) is 4.90 Å². The molecule has 1 aromatic carbocycles. The first-order chi connectivity index (χ1) is 10.2. The summed E-state index contributed by atoms with van der Waals surface area (Å²) in [4.78, 5) is 13.6. The Bertz CT molecular complexity index is 562. The van der Waals surface area contributed by atoms with Gasteiger partial charge in [0.1, 0.15) is 11.4 Å². The molecule has 1 aliphatic heterocycles. The number of likely N-dealkylation sites (tertiary alicyclic amines) is 1. The highest BCUT2D eigenvalue weighted by molar-refractivity contribution is 5.68. The minimum Gasteiger partial charge on any atom is -0.444 e. The molecule has 22 heavy (non-hydrogen) atoms. The van der Waals surface area contributed by atoms with E-state index in [0.717, 1.165) is 0 Å². The molecule has 6 heteroatoms. The molecule has 2 N–H and O–H groups in total. The largest absolute Gasteiger partial charge is 0.444 e. The first-order valence-electron chi connectivity index (χ1n) is 7.40. The molecule has 0 aromatic heterocycles. The van der Waals surface area contributed by atoms with Gasteiger partial charge >= 0.3 is 6.09 Å². The molecule has 1 aromatic rings. The van der Waals surface area contributed by atoms with Crippen molar-refractivity contribution >= 4 is 11.8 Å². The third kappa shape index (κ3) is 3.67. The average Bonchev–Trinajstić information content (AvgIpc) is 2.42. The summed E-state index contributed by atoms with van der Waals surface area (Å²) < 4.78 is 33.3. The summed E-state index contributed by atoms with van der Waals surface area (Å²) in [5, 5.41) is 0. The molecular formula is C16H22F2N2O2. The van der Waals surface area contributed by atoms with Crippen LogP contribution in [-0.2, 0) is 4.74 Å². The summed E-state index contributed by atoms with van der Waals surface area (Å²) in [6, 6.07) is 2.41. The fraction of sp³-hybridized carbons (Fsp3) is 0.562. The Morgan fingerprint density at radius 1 is 1.27 bits per heavy atom. The zero-order chi connectivity index (χ0) is 16.5. The van der Waals surface area contributed by atoms with Gasteiger partial charge in [0.05, 0.1) is 5.69 Å². The molecule has 1 amide bonds. The standard InChI is InChI=1S/C16H22F2N2O2/c1-16(2,3)22-15(21)20-8-6-10(7-9-20)13-11(17)4-5-12(19)14(13)18/h4-5,10H,6-9,19H2,1-3H3. The lowest BCUT2D eigenvalue weighted by molar-refractivity contribution is 0.0204. The number of amides is 1. The van der Waals surface area contributed by atoms with Gasteiger partial charge in [-0.2, -0.15) is 0 Å². The van der Waals surface area contributed by atoms with E-state index in [-0.39, 0.29) is 23.3 Å². The molecule has 0 radical (unpaired) electrons. The topological polar surface area (TPSA) is 55.6 Å². The number of hydrogen-bond donors (Lipinski definition) is 1. The quantitative estimate of drug-likeness (QED) is 0.805. The van der Waals surface area contributed by atoms with Gasteiger partial charge in [-0.25, -0.2) is 13.6 Å². The number of nitrogens with zero attached hydrogens (tertiary/aromatic N) is 1.